The maximum atomic E-state index is 12.9. The van der Waals surface area contributed by atoms with Crippen LogP contribution >= 0.6 is 0 Å². The third-order valence-corrected chi connectivity index (χ3v) is 13.0. The second-order valence-electron chi connectivity index (χ2n) is 12.2. The summed E-state index contributed by atoms with van der Waals surface area (Å²) in [5.41, 5.74) is -0.490. The number of carbonyl (C=O) groups excluding carboxylic acids is 1. The van der Waals surface area contributed by atoms with E-state index in [1.807, 2.05) is 6.08 Å². The lowest BCUT2D eigenvalue weighted by Gasteiger charge is -2.53. The molecule has 0 aromatic carbocycles. The monoisotopic (exact) mass is 496 g/mol. The number of rotatable bonds is 8. The van der Waals surface area contributed by atoms with Crippen LogP contribution in [0.1, 0.15) is 79.6 Å². The second kappa shape index (κ2) is 11.1. The van der Waals surface area contributed by atoms with Gasteiger partial charge in [0.1, 0.15) is 12.2 Å². The van der Waals surface area contributed by atoms with Crippen molar-refractivity contribution in [3.63, 3.8) is 0 Å². The molecule has 3 fully saturated rings. The highest BCUT2D eigenvalue weighted by Gasteiger charge is 2.52. The van der Waals surface area contributed by atoms with Crippen LogP contribution in [0, 0.1) is 5.92 Å². The van der Waals surface area contributed by atoms with Gasteiger partial charge in [0, 0.05) is 32.0 Å². The van der Waals surface area contributed by atoms with Gasteiger partial charge in [-0.25, -0.2) is 0 Å². The molecular formula is C27H48O6Si. The summed E-state index contributed by atoms with van der Waals surface area (Å²) < 4.78 is 31.5. The van der Waals surface area contributed by atoms with Crippen molar-refractivity contribution in [2.45, 2.75) is 134 Å². The zero-order chi connectivity index (χ0) is 25.1. The van der Waals surface area contributed by atoms with Crippen molar-refractivity contribution in [3.8, 4) is 0 Å². The van der Waals surface area contributed by atoms with E-state index in [0.717, 1.165) is 38.7 Å². The molecule has 0 radical (unpaired) electrons. The van der Waals surface area contributed by atoms with Crippen molar-refractivity contribution in [1.29, 1.82) is 0 Å². The van der Waals surface area contributed by atoms with Gasteiger partial charge < -0.3 is 23.4 Å². The number of ether oxygens (including phenoxy) is 4. The van der Waals surface area contributed by atoms with E-state index >= 15 is 0 Å². The van der Waals surface area contributed by atoms with Gasteiger partial charge in [-0.3, -0.25) is 4.79 Å². The third-order valence-electron chi connectivity index (χ3n) is 8.39. The van der Waals surface area contributed by atoms with Crippen molar-refractivity contribution in [2.24, 2.45) is 5.92 Å². The van der Waals surface area contributed by atoms with Crippen LogP contribution in [0.5, 0.6) is 0 Å². The standard InChI is InChI=1S/C27H48O6Si/c1-9-19(2)25-21(13-11-17-30-25)32-24(28)15-14-23-27(6,33-34(7,8)26(3,4)5)18-22-20(31-23)12-10-16-29-22/h9,19-23,25H,1,10-18H2,2-8H3/t19-,20-,21+,22+,23+,25-,27-/m0/s1. The van der Waals surface area contributed by atoms with Gasteiger partial charge in [0.2, 0.25) is 0 Å². The van der Waals surface area contributed by atoms with E-state index in [4.69, 9.17) is 23.4 Å². The number of hydrogen-bond acceptors (Lipinski definition) is 6. The SMILES string of the molecule is C=C[C@H](C)[C@@H]1OCCC[C@H]1OC(=O)CC[C@H]1O[C@H]2CCCO[C@@H]2C[C@]1(C)O[Si](C)(C)C(C)(C)C. The third kappa shape index (κ3) is 6.52. The summed E-state index contributed by atoms with van der Waals surface area (Å²) in [5.74, 6) is -0.0404. The van der Waals surface area contributed by atoms with Gasteiger partial charge in [0.25, 0.3) is 0 Å². The average molecular weight is 497 g/mol. The minimum atomic E-state index is -2.06. The molecule has 0 aromatic heterocycles. The summed E-state index contributed by atoms with van der Waals surface area (Å²) in [6.07, 6.45) is 6.98. The van der Waals surface area contributed by atoms with E-state index in [0.29, 0.717) is 19.4 Å². The number of esters is 1. The van der Waals surface area contributed by atoms with Crippen LogP contribution < -0.4 is 0 Å². The zero-order valence-corrected chi connectivity index (χ0v) is 23.6. The van der Waals surface area contributed by atoms with Crippen LogP contribution in [-0.4, -0.2) is 63.6 Å². The van der Waals surface area contributed by atoms with E-state index in [-0.39, 0.29) is 47.4 Å². The Kier molecular flexibility index (Phi) is 9.11. The summed E-state index contributed by atoms with van der Waals surface area (Å²) in [5, 5.41) is 0.0849. The number of fused-ring (bicyclic) bond motifs is 1. The molecule has 0 bridgehead atoms. The molecule has 0 aromatic rings. The molecule has 3 saturated heterocycles. The first kappa shape index (κ1) is 27.8. The Morgan fingerprint density at radius 1 is 1.18 bits per heavy atom. The lowest BCUT2D eigenvalue weighted by Crippen LogP contribution is -2.61. The fourth-order valence-corrected chi connectivity index (χ4v) is 6.95. The summed E-state index contributed by atoms with van der Waals surface area (Å²) in [6, 6.07) is 0. The average Bonchev–Trinajstić information content (AvgIpc) is 2.76. The quantitative estimate of drug-likeness (QED) is 0.241. The molecule has 196 valence electrons. The Bertz CT molecular complexity index is 704. The topological polar surface area (TPSA) is 63.2 Å². The van der Waals surface area contributed by atoms with Gasteiger partial charge in [-0.15, -0.1) is 6.58 Å². The molecule has 34 heavy (non-hydrogen) atoms. The van der Waals surface area contributed by atoms with Crippen LogP contribution in [0.25, 0.3) is 0 Å². The Morgan fingerprint density at radius 3 is 2.53 bits per heavy atom. The van der Waals surface area contributed by atoms with Crippen LogP contribution in [0.4, 0.5) is 0 Å². The molecule has 3 rings (SSSR count). The van der Waals surface area contributed by atoms with Gasteiger partial charge in [-0.2, -0.15) is 0 Å². The van der Waals surface area contributed by atoms with Crippen LogP contribution in [0.3, 0.4) is 0 Å². The predicted molar refractivity (Wildman–Crippen MR) is 136 cm³/mol. The lowest BCUT2D eigenvalue weighted by atomic mass is 9.83. The Morgan fingerprint density at radius 2 is 1.85 bits per heavy atom. The highest BCUT2D eigenvalue weighted by molar-refractivity contribution is 6.74. The molecule has 7 atom stereocenters. The highest BCUT2D eigenvalue weighted by atomic mass is 28.4. The lowest BCUT2D eigenvalue weighted by molar-refractivity contribution is -0.231. The van der Waals surface area contributed by atoms with Gasteiger partial charge in [-0.05, 0) is 57.2 Å². The van der Waals surface area contributed by atoms with Crippen molar-refractivity contribution in [1.82, 2.24) is 0 Å². The first-order valence-corrected chi connectivity index (χ1v) is 16.2. The molecule has 0 aliphatic carbocycles. The summed E-state index contributed by atoms with van der Waals surface area (Å²) >= 11 is 0. The molecule has 0 N–H and O–H groups in total. The molecule has 7 heteroatoms. The van der Waals surface area contributed by atoms with E-state index < -0.39 is 13.9 Å². The molecular weight excluding hydrogens is 448 g/mol. The fraction of sp³-hybridized carbons (Fsp3) is 0.889. The Balaban J connectivity index is 1.68. The van der Waals surface area contributed by atoms with Crippen LogP contribution in [0.15, 0.2) is 12.7 Å². The van der Waals surface area contributed by atoms with Gasteiger partial charge >= 0.3 is 5.97 Å². The maximum absolute atomic E-state index is 12.9. The smallest absolute Gasteiger partial charge is 0.306 e. The first-order valence-electron chi connectivity index (χ1n) is 13.3. The number of hydrogen-bond donors (Lipinski definition) is 0. The van der Waals surface area contributed by atoms with Crippen molar-refractivity contribution in [3.05, 3.63) is 12.7 Å². The Hall–Kier alpha value is -0.733. The van der Waals surface area contributed by atoms with E-state index in [2.05, 4.69) is 54.3 Å². The normalized spacial score (nSPS) is 35.8. The van der Waals surface area contributed by atoms with Crippen LogP contribution in [0.2, 0.25) is 18.1 Å². The highest BCUT2D eigenvalue weighted by Crippen LogP contribution is 2.45. The number of carbonyl (C=O) groups is 1. The minimum absolute atomic E-state index is 0.0623. The van der Waals surface area contributed by atoms with Crippen molar-refractivity contribution < 1.29 is 28.2 Å². The Labute approximate surface area is 208 Å². The van der Waals surface area contributed by atoms with Gasteiger partial charge in [-0.1, -0.05) is 33.8 Å². The van der Waals surface area contributed by atoms with Gasteiger partial charge in [0.05, 0.1) is 23.9 Å². The molecule has 0 spiro atoms. The molecule has 3 aliphatic heterocycles. The second-order valence-corrected chi connectivity index (χ2v) is 17.0. The molecule has 3 aliphatic rings. The van der Waals surface area contributed by atoms with Crippen molar-refractivity contribution in [2.75, 3.05) is 13.2 Å². The molecule has 0 saturated carbocycles. The summed E-state index contributed by atoms with van der Waals surface area (Å²) in [6.45, 7) is 20.9. The molecule has 0 unspecified atom stereocenters. The minimum Gasteiger partial charge on any atom is -0.460 e. The van der Waals surface area contributed by atoms with Crippen molar-refractivity contribution >= 4 is 14.3 Å². The predicted octanol–water partition coefficient (Wildman–Crippen LogP) is 5.80. The first-order chi connectivity index (χ1) is 15.9. The summed E-state index contributed by atoms with van der Waals surface area (Å²) in [7, 11) is -2.06. The van der Waals surface area contributed by atoms with Gasteiger partial charge in [0.15, 0.2) is 8.32 Å². The summed E-state index contributed by atoms with van der Waals surface area (Å²) in [4.78, 5) is 12.9. The van der Waals surface area contributed by atoms with E-state index in [9.17, 15) is 4.79 Å². The van der Waals surface area contributed by atoms with Crippen LogP contribution in [-0.2, 0) is 28.2 Å². The fourth-order valence-electron chi connectivity index (χ4n) is 5.26. The zero-order valence-electron chi connectivity index (χ0n) is 22.6. The molecule has 6 nitrogen and oxygen atoms in total. The molecule has 3 heterocycles. The molecule has 0 amide bonds. The van der Waals surface area contributed by atoms with E-state index in [1.54, 1.807) is 0 Å². The maximum Gasteiger partial charge on any atom is 0.306 e. The van der Waals surface area contributed by atoms with E-state index in [1.165, 1.54) is 0 Å². The largest absolute Gasteiger partial charge is 0.460 e.